The first-order chi connectivity index (χ1) is 7.56. The summed E-state index contributed by atoms with van der Waals surface area (Å²) in [6, 6.07) is 6.18. The predicted octanol–water partition coefficient (Wildman–Crippen LogP) is 3.48. The molecule has 0 amide bonds. The molecule has 2 nitrogen and oxygen atoms in total. The van der Waals surface area contributed by atoms with Gasteiger partial charge in [0, 0.05) is 23.2 Å². The van der Waals surface area contributed by atoms with Gasteiger partial charge in [-0.25, -0.2) is 0 Å². The highest BCUT2D eigenvalue weighted by Gasteiger charge is 2.10. The van der Waals surface area contributed by atoms with Gasteiger partial charge in [0.25, 0.3) is 0 Å². The number of benzene rings is 1. The van der Waals surface area contributed by atoms with Crippen molar-refractivity contribution in [3.63, 3.8) is 0 Å². The van der Waals surface area contributed by atoms with Crippen LogP contribution >= 0.6 is 11.6 Å². The van der Waals surface area contributed by atoms with Crippen LogP contribution < -0.4 is 10.1 Å². The molecule has 0 saturated heterocycles. The third-order valence-corrected chi connectivity index (χ3v) is 3.25. The van der Waals surface area contributed by atoms with Crippen molar-refractivity contribution >= 4 is 11.6 Å². The van der Waals surface area contributed by atoms with Gasteiger partial charge in [0.2, 0.25) is 0 Å². The van der Waals surface area contributed by atoms with Crippen molar-refractivity contribution in [1.82, 2.24) is 5.32 Å². The fourth-order valence-electron chi connectivity index (χ4n) is 1.40. The maximum atomic E-state index is 6.15. The van der Waals surface area contributed by atoms with Crippen LogP contribution in [0.5, 0.6) is 5.75 Å². The molecular formula is C13H20ClNO. The van der Waals surface area contributed by atoms with Crippen LogP contribution in [0.2, 0.25) is 5.02 Å². The zero-order chi connectivity index (χ0) is 12.1. The van der Waals surface area contributed by atoms with Crippen LogP contribution in [0, 0.1) is 5.92 Å². The van der Waals surface area contributed by atoms with E-state index in [1.54, 1.807) is 7.11 Å². The Bertz CT molecular complexity index is 339. The SMILES string of the molecule is COc1cccc(Cl)c1CNC(C)C(C)C. The van der Waals surface area contributed by atoms with E-state index in [0.717, 1.165) is 22.9 Å². The minimum Gasteiger partial charge on any atom is -0.496 e. The van der Waals surface area contributed by atoms with Gasteiger partial charge >= 0.3 is 0 Å². The summed E-state index contributed by atoms with van der Waals surface area (Å²) < 4.78 is 5.29. The Balaban J connectivity index is 2.73. The summed E-state index contributed by atoms with van der Waals surface area (Å²) in [5.41, 5.74) is 1.03. The van der Waals surface area contributed by atoms with Crippen molar-refractivity contribution in [3.8, 4) is 5.75 Å². The molecule has 90 valence electrons. The lowest BCUT2D eigenvalue weighted by atomic mass is 10.1. The standard InChI is InChI=1S/C13H20ClNO/c1-9(2)10(3)15-8-11-12(14)6-5-7-13(11)16-4/h5-7,9-10,15H,8H2,1-4H3. The third kappa shape index (κ3) is 3.39. The van der Waals surface area contributed by atoms with E-state index >= 15 is 0 Å². The number of ether oxygens (including phenoxy) is 1. The third-order valence-electron chi connectivity index (χ3n) is 2.90. The second-order valence-electron chi connectivity index (χ2n) is 4.33. The van der Waals surface area contributed by atoms with Crippen LogP contribution in [0.1, 0.15) is 26.3 Å². The van der Waals surface area contributed by atoms with Crippen molar-refractivity contribution in [3.05, 3.63) is 28.8 Å². The lowest BCUT2D eigenvalue weighted by molar-refractivity contribution is 0.395. The van der Waals surface area contributed by atoms with E-state index in [1.807, 2.05) is 18.2 Å². The largest absolute Gasteiger partial charge is 0.496 e. The second-order valence-corrected chi connectivity index (χ2v) is 4.74. The molecule has 1 rings (SSSR count). The summed E-state index contributed by atoms with van der Waals surface area (Å²) in [5, 5.41) is 4.20. The fourth-order valence-corrected chi connectivity index (χ4v) is 1.63. The van der Waals surface area contributed by atoms with E-state index in [1.165, 1.54) is 0 Å². The first kappa shape index (κ1) is 13.3. The normalized spacial score (nSPS) is 12.9. The molecule has 0 bridgehead atoms. The molecule has 0 aliphatic heterocycles. The molecule has 0 heterocycles. The summed E-state index contributed by atoms with van der Waals surface area (Å²) >= 11 is 6.15. The smallest absolute Gasteiger partial charge is 0.124 e. The Morgan fingerprint density at radius 1 is 1.31 bits per heavy atom. The Morgan fingerprint density at radius 2 is 2.00 bits per heavy atom. The monoisotopic (exact) mass is 241 g/mol. The van der Waals surface area contributed by atoms with Gasteiger partial charge in [0.15, 0.2) is 0 Å². The molecule has 1 aromatic rings. The minimum absolute atomic E-state index is 0.459. The minimum atomic E-state index is 0.459. The van der Waals surface area contributed by atoms with Crippen molar-refractivity contribution in [1.29, 1.82) is 0 Å². The molecule has 0 fully saturated rings. The van der Waals surface area contributed by atoms with Gasteiger partial charge in [-0.15, -0.1) is 0 Å². The Labute approximate surface area is 103 Å². The first-order valence-electron chi connectivity index (χ1n) is 5.61. The lowest BCUT2D eigenvalue weighted by Crippen LogP contribution is -2.30. The molecule has 1 unspecified atom stereocenters. The zero-order valence-corrected chi connectivity index (χ0v) is 11.1. The van der Waals surface area contributed by atoms with Crippen LogP contribution in [-0.2, 0) is 6.54 Å². The fraction of sp³-hybridized carbons (Fsp3) is 0.538. The van der Waals surface area contributed by atoms with Crippen LogP contribution in [0.3, 0.4) is 0 Å². The molecule has 16 heavy (non-hydrogen) atoms. The number of methoxy groups -OCH3 is 1. The van der Waals surface area contributed by atoms with Crippen LogP contribution in [0.4, 0.5) is 0 Å². The molecule has 0 saturated carbocycles. The topological polar surface area (TPSA) is 21.3 Å². The summed E-state index contributed by atoms with van der Waals surface area (Å²) in [6.45, 7) is 7.30. The van der Waals surface area contributed by atoms with E-state index < -0.39 is 0 Å². The summed E-state index contributed by atoms with van der Waals surface area (Å²) in [7, 11) is 1.67. The Kier molecular flexibility index (Phi) is 5.10. The van der Waals surface area contributed by atoms with Gasteiger partial charge in [0.05, 0.1) is 7.11 Å². The number of hydrogen-bond acceptors (Lipinski definition) is 2. The number of halogens is 1. The average molecular weight is 242 g/mol. The molecule has 0 spiro atoms. The molecular weight excluding hydrogens is 222 g/mol. The molecule has 1 N–H and O–H groups in total. The van der Waals surface area contributed by atoms with E-state index in [0.29, 0.717) is 12.0 Å². The van der Waals surface area contributed by atoms with E-state index in [2.05, 4.69) is 26.1 Å². The second kappa shape index (κ2) is 6.12. The van der Waals surface area contributed by atoms with Crippen molar-refractivity contribution in [2.75, 3.05) is 7.11 Å². The first-order valence-corrected chi connectivity index (χ1v) is 5.98. The Morgan fingerprint density at radius 3 is 2.56 bits per heavy atom. The molecule has 1 aromatic carbocycles. The number of hydrogen-bond donors (Lipinski definition) is 1. The van der Waals surface area contributed by atoms with Gasteiger partial charge in [-0.1, -0.05) is 31.5 Å². The predicted molar refractivity (Wildman–Crippen MR) is 69.1 cm³/mol. The van der Waals surface area contributed by atoms with E-state index in [9.17, 15) is 0 Å². The van der Waals surface area contributed by atoms with Crippen molar-refractivity contribution in [2.45, 2.75) is 33.4 Å². The summed E-state index contributed by atoms with van der Waals surface area (Å²) in [6.07, 6.45) is 0. The zero-order valence-electron chi connectivity index (χ0n) is 10.4. The van der Waals surface area contributed by atoms with Crippen LogP contribution in [-0.4, -0.2) is 13.2 Å². The maximum Gasteiger partial charge on any atom is 0.124 e. The average Bonchev–Trinajstić information content (AvgIpc) is 2.26. The molecule has 1 atom stereocenters. The van der Waals surface area contributed by atoms with E-state index in [4.69, 9.17) is 16.3 Å². The quantitative estimate of drug-likeness (QED) is 0.852. The molecule has 0 aliphatic rings. The van der Waals surface area contributed by atoms with Gasteiger partial charge in [0.1, 0.15) is 5.75 Å². The highest BCUT2D eigenvalue weighted by molar-refractivity contribution is 6.31. The van der Waals surface area contributed by atoms with Crippen molar-refractivity contribution < 1.29 is 4.74 Å². The molecule has 0 aliphatic carbocycles. The van der Waals surface area contributed by atoms with E-state index in [-0.39, 0.29) is 0 Å². The van der Waals surface area contributed by atoms with Crippen LogP contribution in [0.15, 0.2) is 18.2 Å². The molecule has 0 radical (unpaired) electrons. The highest BCUT2D eigenvalue weighted by atomic mass is 35.5. The molecule has 0 aromatic heterocycles. The van der Waals surface area contributed by atoms with Crippen LogP contribution in [0.25, 0.3) is 0 Å². The molecule has 3 heteroatoms. The van der Waals surface area contributed by atoms with Gasteiger partial charge in [-0.2, -0.15) is 0 Å². The summed E-state index contributed by atoms with van der Waals surface area (Å²) in [5.74, 6) is 1.45. The van der Waals surface area contributed by atoms with Gasteiger partial charge in [-0.05, 0) is 25.0 Å². The summed E-state index contributed by atoms with van der Waals surface area (Å²) in [4.78, 5) is 0. The van der Waals surface area contributed by atoms with Crippen molar-refractivity contribution in [2.24, 2.45) is 5.92 Å². The Hall–Kier alpha value is -0.730. The number of nitrogens with one attached hydrogen (secondary N) is 1. The van der Waals surface area contributed by atoms with Gasteiger partial charge < -0.3 is 10.1 Å². The van der Waals surface area contributed by atoms with Gasteiger partial charge in [-0.3, -0.25) is 0 Å². The number of rotatable bonds is 5. The maximum absolute atomic E-state index is 6.15. The highest BCUT2D eigenvalue weighted by Crippen LogP contribution is 2.26. The lowest BCUT2D eigenvalue weighted by Gasteiger charge is -2.19.